The van der Waals surface area contributed by atoms with E-state index >= 15 is 0 Å². The summed E-state index contributed by atoms with van der Waals surface area (Å²) in [5.41, 5.74) is 0. The topological polar surface area (TPSA) is 9.23 Å². The zero-order chi connectivity index (χ0) is 19.3. The first-order valence-electron chi connectivity index (χ1n) is 11.5. The fourth-order valence-electron chi connectivity index (χ4n) is 4.59. The molecule has 2 heteroatoms. The van der Waals surface area contributed by atoms with E-state index in [-0.39, 0.29) is 6.61 Å². The Hall–Kier alpha value is -1.05. The van der Waals surface area contributed by atoms with Crippen LogP contribution in [0.5, 0.6) is 5.75 Å². The van der Waals surface area contributed by atoms with Crippen molar-refractivity contribution in [1.82, 2.24) is 0 Å². The molecule has 0 bridgehead atoms. The lowest BCUT2D eigenvalue weighted by Gasteiger charge is -2.33. The van der Waals surface area contributed by atoms with Crippen molar-refractivity contribution < 1.29 is 9.13 Å². The molecule has 27 heavy (non-hydrogen) atoms. The summed E-state index contributed by atoms with van der Waals surface area (Å²) in [6.07, 6.45) is 14.2. The van der Waals surface area contributed by atoms with Gasteiger partial charge >= 0.3 is 0 Å². The number of unbranched alkanes of at least 4 members (excludes halogenated alkanes) is 5. The van der Waals surface area contributed by atoms with E-state index in [1.807, 2.05) is 30.3 Å². The minimum absolute atomic E-state index is 0.195. The first kappa shape index (κ1) is 22.2. The monoisotopic (exact) mass is 376 g/mol. The summed E-state index contributed by atoms with van der Waals surface area (Å²) in [5.74, 6) is 2.91. The zero-order valence-corrected chi connectivity index (χ0v) is 17.7. The number of hydrogen-bond donors (Lipinski definition) is 0. The predicted molar refractivity (Wildman–Crippen MR) is 114 cm³/mol. The molecule has 154 valence electrons. The average molecular weight is 377 g/mol. The molecule has 1 aromatic rings. The number of benzene rings is 1. The second kappa shape index (κ2) is 13.2. The first-order valence-corrected chi connectivity index (χ1v) is 11.5. The van der Waals surface area contributed by atoms with Crippen molar-refractivity contribution >= 4 is 0 Å². The van der Waals surface area contributed by atoms with Crippen molar-refractivity contribution in [3.63, 3.8) is 0 Å². The lowest BCUT2D eigenvalue weighted by atomic mass is 9.73. The maximum atomic E-state index is 14.7. The number of rotatable bonds is 13. The van der Waals surface area contributed by atoms with Gasteiger partial charge in [-0.15, -0.1) is 0 Å². The number of halogens is 1. The molecule has 0 saturated heterocycles. The van der Waals surface area contributed by atoms with Crippen molar-refractivity contribution in [1.29, 1.82) is 0 Å². The van der Waals surface area contributed by atoms with E-state index in [0.29, 0.717) is 12.3 Å². The van der Waals surface area contributed by atoms with Crippen LogP contribution in [0.25, 0.3) is 0 Å². The van der Waals surface area contributed by atoms with E-state index in [1.54, 1.807) is 0 Å². The summed E-state index contributed by atoms with van der Waals surface area (Å²) in [5, 5.41) is 0. The Balaban J connectivity index is 1.77. The van der Waals surface area contributed by atoms with Crippen molar-refractivity contribution in [3.8, 4) is 5.75 Å². The zero-order valence-electron chi connectivity index (χ0n) is 17.7. The summed E-state index contributed by atoms with van der Waals surface area (Å²) in [6.45, 7) is 4.82. The molecule has 0 spiro atoms. The van der Waals surface area contributed by atoms with Gasteiger partial charge < -0.3 is 4.74 Å². The highest BCUT2D eigenvalue weighted by Gasteiger charge is 2.28. The van der Waals surface area contributed by atoms with Crippen molar-refractivity contribution in [2.75, 3.05) is 6.61 Å². The molecule has 1 aromatic carbocycles. The van der Waals surface area contributed by atoms with Gasteiger partial charge in [0.15, 0.2) is 0 Å². The van der Waals surface area contributed by atoms with Crippen LogP contribution in [0.4, 0.5) is 4.39 Å². The lowest BCUT2D eigenvalue weighted by molar-refractivity contribution is 0.122. The Labute approximate surface area is 167 Å². The molecule has 1 fully saturated rings. The normalized spacial score (nSPS) is 22.3. The van der Waals surface area contributed by atoms with Crippen LogP contribution in [0.15, 0.2) is 30.3 Å². The maximum Gasteiger partial charge on any atom is 0.134 e. The van der Waals surface area contributed by atoms with Crippen molar-refractivity contribution in [2.24, 2.45) is 17.8 Å². The molecule has 2 unspecified atom stereocenters. The highest BCUT2D eigenvalue weighted by molar-refractivity contribution is 5.20. The molecule has 1 aliphatic rings. The molecule has 1 saturated carbocycles. The third-order valence-electron chi connectivity index (χ3n) is 6.39. The molecule has 2 rings (SSSR count). The fraction of sp³-hybridized carbons (Fsp3) is 0.760. The predicted octanol–water partition coefficient (Wildman–Crippen LogP) is 7.99. The highest BCUT2D eigenvalue weighted by atomic mass is 19.1. The van der Waals surface area contributed by atoms with Crippen LogP contribution in [0.2, 0.25) is 0 Å². The van der Waals surface area contributed by atoms with Gasteiger partial charge in [0.05, 0.1) is 0 Å². The average Bonchev–Trinajstić information content (AvgIpc) is 2.69. The first-order chi connectivity index (χ1) is 13.2. The summed E-state index contributed by atoms with van der Waals surface area (Å²) in [7, 11) is 0. The number of para-hydroxylation sites is 1. The minimum atomic E-state index is -0.852. The third kappa shape index (κ3) is 9.12. The number of alkyl halides is 1. The van der Waals surface area contributed by atoms with Crippen molar-refractivity contribution in [3.05, 3.63) is 30.3 Å². The van der Waals surface area contributed by atoms with Crippen LogP contribution in [-0.2, 0) is 0 Å². The molecule has 1 aliphatic carbocycles. The summed E-state index contributed by atoms with van der Waals surface area (Å²) >= 11 is 0. The Morgan fingerprint density at radius 2 is 1.63 bits per heavy atom. The van der Waals surface area contributed by atoms with Crippen LogP contribution in [0.3, 0.4) is 0 Å². The Bertz CT molecular complexity index is 466. The van der Waals surface area contributed by atoms with Crippen molar-refractivity contribution in [2.45, 2.75) is 97.1 Å². The van der Waals surface area contributed by atoms with Gasteiger partial charge in [-0.3, -0.25) is 0 Å². The van der Waals surface area contributed by atoms with E-state index < -0.39 is 6.17 Å². The Morgan fingerprint density at radius 1 is 0.963 bits per heavy atom. The van der Waals surface area contributed by atoms with E-state index in [0.717, 1.165) is 17.6 Å². The largest absolute Gasteiger partial charge is 0.491 e. The van der Waals surface area contributed by atoms with Crippen LogP contribution < -0.4 is 4.74 Å². The van der Waals surface area contributed by atoms with Gasteiger partial charge in [0.25, 0.3) is 0 Å². The molecule has 1 nitrogen and oxygen atoms in total. The molecule has 0 heterocycles. The summed E-state index contributed by atoms with van der Waals surface area (Å²) < 4.78 is 20.4. The van der Waals surface area contributed by atoms with E-state index in [9.17, 15) is 4.39 Å². The Kier molecular flexibility index (Phi) is 10.9. The summed E-state index contributed by atoms with van der Waals surface area (Å²) in [4.78, 5) is 0. The molecule has 0 N–H and O–H groups in total. The fourth-order valence-corrected chi connectivity index (χ4v) is 4.59. The lowest BCUT2D eigenvalue weighted by Crippen LogP contribution is -2.26. The van der Waals surface area contributed by atoms with Gasteiger partial charge in [-0.25, -0.2) is 4.39 Å². The molecule has 0 aliphatic heterocycles. The van der Waals surface area contributed by atoms with Gasteiger partial charge in [-0.2, -0.15) is 0 Å². The van der Waals surface area contributed by atoms with Gasteiger partial charge in [-0.05, 0) is 49.1 Å². The number of hydrogen-bond acceptors (Lipinski definition) is 1. The third-order valence-corrected chi connectivity index (χ3v) is 6.39. The second-order valence-electron chi connectivity index (χ2n) is 8.79. The Morgan fingerprint density at radius 3 is 2.33 bits per heavy atom. The van der Waals surface area contributed by atoms with E-state index in [1.165, 1.54) is 70.6 Å². The van der Waals surface area contributed by atoms with E-state index in [2.05, 4.69) is 13.8 Å². The molecular weight excluding hydrogens is 335 g/mol. The maximum absolute atomic E-state index is 14.7. The molecule has 2 atom stereocenters. The SMILES string of the molecule is CCCCCCCCC(CC(F)COc1ccccc1)[C@H]1CC[C@H](C)CC1. The van der Waals surface area contributed by atoms with E-state index in [4.69, 9.17) is 4.74 Å². The summed E-state index contributed by atoms with van der Waals surface area (Å²) in [6, 6.07) is 9.65. The molecule has 0 radical (unpaired) electrons. The molecular formula is C25H41FO. The standard InChI is InChI=1S/C25H41FO/c1-3-4-5-6-7-9-12-23(22-17-15-21(2)16-18-22)19-24(26)20-27-25-13-10-8-11-14-25/h8,10-11,13-14,21-24H,3-7,9,12,15-20H2,1-2H3/t21-,22-,23?,24?. The number of ether oxygens (including phenoxy) is 1. The molecule has 0 amide bonds. The highest BCUT2D eigenvalue weighted by Crippen LogP contribution is 2.38. The smallest absolute Gasteiger partial charge is 0.134 e. The van der Waals surface area contributed by atoms with Gasteiger partial charge in [0, 0.05) is 0 Å². The van der Waals surface area contributed by atoms with Crippen LogP contribution in [0.1, 0.15) is 90.9 Å². The van der Waals surface area contributed by atoms with Gasteiger partial charge in [0.2, 0.25) is 0 Å². The van der Waals surface area contributed by atoms with Crippen LogP contribution >= 0.6 is 0 Å². The van der Waals surface area contributed by atoms with Gasteiger partial charge in [-0.1, -0.05) is 89.8 Å². The van der Waals surface area contributed by atoms with Gasteiger partial charge in [0.1, 0.15) is 18.5 Å². The van der Waals surface area contributed by atoms with Crippen LogP contribution in [-0.4, -0.2) is 12.8 Å². The second-order valence-corrected chi connectivity index (χ2v) is 8.79. The molecule has 0 aromatic heterocycles. The quantitative estimate of drug-likeness (QED) is 0.317. The van der Waals surface area contributed by atoms with Crippen LogP contribution in [0, 0.1) is 17.8 Å². The minimum Gasteiger partial charge on any atom is -0.491 e.